The van der Waals surface area contributed by atoms with Gasteiger partial charge >= 0.3 is 0 Å². The van der Waals surface area contributed by atoms with Gasteiger partial charge in [-0.25, -0.2) is 0 Å². The molecule has 0 unspecified atom stereocenters. The Morgan fingerprint density at radius 2 is 0.294 bits per heavy atom. The van der Waals surface area contributed by atoms with Gasteiger partial charge in [-0.1, -0.05) is 24.3 Å². The van der Waals surface area contributed by atoms with Crippen LogP contribution in [0.1, 0.15) is 111 Å². The highest BCUT2D eigenvalue weighted by Crippen LogP contribution is 2.67. The first-order valence-electron chi connectivity index (χ1n) is 37.3. The molecule has 12 aromatic rings. The zero-order valence-electron chi connectivity index (χ0n) is 67.7. The standard InChI is InChI=1S/C97H100N4O8/c1-53-33-73(102-17)34-54(2)89(53)98(90-55(3)35-74(103-18)36-56(90)4)69-25-29-81-82-30-26-70(99(91-57(5)37-75(104-19)38-58(91)6)92-59(7)39-76(105-20)40-60(92)8)50-86(82)97(85(81)49-69)87-51-71(100(93-61(9)41-77(106-21)42-62(93)10)94-63(11)43-78(107-22)44-64(94)12)27-31-83(87)84-32-28-72(52-88(84)97)101(95-65(13)45-79(108-23)46-66(95)14)96-67(15)47-80(109-24)48-68(96)16/h25-52H,1-24H3. The van der Waals surface area contributed by atoms with Crippen LogP contribution in [0, 0.1) is 111 Å². The first-order chi connectivity index (χ1) is 52.2. The molecule has 12 aromatic carbocycles. The SMILES string of the molecule is COc1cc(C)c(N(c2ccc3c(c2)C2(c4cc(N(c5c(C)cc(OC)cc5C)c5c(C)cc(OC)cc5C)ccc4-3)c3cc(N(c4c(C)cc(OC)cc4C)c4c(C)cc(OC)cc4C)ccc3-c3ccc(N(c4c(C)cc(OC)cc4C)c4c(C)cc(OC)cc4C)cc32)c2c(C)cc(OC)cc2C)c(C)c1. The summed E-state index contributed by atoms with van der Waals surface area (Å²) in [6.45, 7) is 35.2. The second-order valence-electron chi connectivity index (χ2n) is 29.9. The highest BCUT2D eigenvalue weighted by atomic mass is 16.5. The summed E-state index contributed by atoms with van der Waals surface area (Å²) < 4.78 is 48.3. The van der Waals surface area contributed by atoms with Crippen LogP contribution in [0.5, 0.6) is 46.0 Å². The number of hydrogen-bond donors (Lipinski definition) is 0. The fourth-order valence-corrected chi connectivity index (χ4v) is 18.3. The highest BCUT2D eigenvalue weighted by molar-refractivity contribution is 6.01. The molecule has 0 atom stereocenters. The number of fused-ring (bicyclic) bond motifs is 10. The average molecular weight is 1450 g/mol. The molecule has 12 nitrogen and oxygen atoms in total. The molecular weight excluding hydrogens is 1350 g/mol. The number of methoxy groups -OCH3 is 8. The van der Waals surface area contributed by atoms with E-state index in [1.165, 1.54) is 0 Å². The Bertz CT molecular complexity index is 4570. The van der Waals surface area contributed by atoms with Crippen molar-refractivity contribution in [3.05, 3.63) is 281 Å². The summed E-state index contributed by atoms with van der Waals surface area (Å²) in [7, 11) is 14.0. The first-order valence-corrected chi connectivity index (χ1v) is 37.3. The summed E-state index contributed by atoms with van der Waals surface area (Å²) >= 11 is 0. The van der Waals surface area contributed by atoms with Crippen molar-refractivity contribution in [2.75, 3.05) is 76.5 Å². The molecule has 2 aliphatic carbocycles. The summed E-state index contributed by atoms with van der Waals surface area (Å²) in [6.07, 6.45) is 0. The van der Waals surface area contributed by atoms with Gasteiger partial charge in [0.15, 0.2) is 0 Å². The van der Waals surface area contributed by atoms with Gasteiger partial charge in [-0.15, -0.1) is 0 Å². The number of aryl methyl sites for hydroxylation is 16. The lowest BCUT2D eigenvalue weighted by Gasteiger charge is -2.37. The minimum absolute atomic E-state index is 0.795. The Morgan fingerprint density at radius 3 is 0.404 bits per heavy atom. The van der Waals surface area contributed by atoms with E-state index in [-0.39, 0.29) is 0 Å². The normalized spacial score (nSPS) is 12.1. The zero-order chi connectivity index (χ0) is 77.7. The molecule has 2 aliphatic rings. The average Bonchev–Trinajstić information content (AvgIpc) is 1.50. The minimum Gasteiger partial charge on any atom is -0.497 e. The van der Waals surface area contributed by atoms with Crippen LogP contribution in [0.4, 0.5) is 68.2 Å². The molecule has 0 aliphatic heterocycles. The third-order valence-corrected chi connectivity index (χ3v) is 22.6. The van der Waals surface area contributed by atoms with Crippen molar-refractivity contribution in [2.24, 2.45) is 0 Å². The first kappa shape index (κ1) is 74.1. The van der Waals surface area contributed by atoms with E-state index < -0.39 is 5.41 Å². The van der Waals surface area contributed by atoms with Crippen LogP contribution in [-0.2, 0) is 5.41 Å². The third-order valence-electron chi connectivity index (χ3n) is 22.6. The molecular formula is C97H100N4O8. The Kier molecular flexibility index (Phi) is 19.6. The molecule has 0 bridgehead atoms. The van der Waals surface area contributed by atoms with Gasteiger partial charge in [-0.2, -0.15) is 0 Å². The van der Waals surface area contributed by atoms with Crippen molar-refractivity contribution < 1.29 is 37.9 Å². The maximum atomic E-state index is 6.04. The molecule has 14 rings (SSSR count). The lowest BCUT2D eigenvalue weighted by atomic mass is 9.70. The van der Waals surface area contributed by atoms with Crippen molar-refractivity contribution in [1.29, 1.82) is 0 Å². The van der Waals surface area contributed by atoms with Crippen LogP contribution in [0.3, 0.4) is 0 Å². The van der Waals surface area contributed by atoms with E-state index in [4.69, 9.17) is 37.9 Å². The van der Waals surface area contributed by atoms with Gasteiger partial charge in [0.2, 0.25) is 0 Å². The number of rotatable bonds is 20. The predicted molar refractivity (Wildman–Crippen MR) is 450 cm³/mol. The summed E-state index contributed by atoms with van der Waals surface area (Å²) in [6, 6.07) is 63.5. The van der Waals surface area contributed by atoms with Crippen molar-refractivity contribution in [2.45, 2.75) is 116 Å². The molecule has 0 fully saturated rings. The van der Waals surface area contributed by atoms with Gasteiger partial charge in [-0.05, 0) is 390 Å². The molecule has 0 aromatic heterocycles. The van der Waals surface area contributed by atoms with E-state index in [2.05, 4.69) is 300 Å². The van der Waals surface area contributed by atoms with Crippen LogP contribution in [0.2, 0.25) is 0 Å². The lowest BCUT2D eigenvalue weighted by Crippen LogP contribution is -2.28. The molecule has 0 N–H and O–H groups in total. The van der Waals surface area contributed by atoms with Crippen molar-refractivity contribution in [3.63, 3.8) is 0 Å². The quantitative estimate of drug-likeness (QED) is 0.0728. The minimum atomic E-state index is -1.09. The molecule has 0 heterocycles. The summed E-state index contributed by atoms with van der Waals surface area (Å²) in [5.74, 6) is 6.36. The van der Waals surface area contributed by atoms with E-state index >= 15 is 0 Å². The van der Waals surface area contributed by atoms with Crippen LogP contribution in [-0.4, -0.2) is 56.9 Å². The van der Waals surface area contributed by atoms with E-state index in [0.717, 1.165) is 248 Å². The van der Waals surface area contributed by atoms with Gasteiger partial charge in [0.25, 0.3) is 0 Å². The smallest absolute Gasteiger partial charge is 0.119 e. The van der Waals surface area contributed by atoms with Crippen molar-refractivity contribution in [3.8, 4) is 68.2 Å². The molecule has 109 heavy (non-hydrogen) atoms. The molecule has 1 spiro atoms. The molecule has 0 saturated carbocycles. The zero-order valence-corrected chi connectivity index (χ0v) is 67.7. The van der Waals surface area contributed by atoms with Gasteiger partial charge in [0.1, 0.15) is 46.0 Å². The van der Waals surface area contributed by atoms with E-state index in [1.54, 1.807) is 56.9 Å². The Labute approximate surface area is 644 Å². The van der Waals surface area contributed by atoms with Gasteiger partial charge < -0.3 is 57.5 Å². The number of benzene rings is 12. The lowest BCUT2D eigenvalue weighted by molar-refractivity contribution is 0.414. The molecule has 0 saturated heterocycles. The van der Waals surface area contributed by atoms with E-state index in [9.17, 15) is 0 Å². The number of anilines is 12. The second-order valence-corrected chi connectivity index (χ2v) is 29.9. The maximum absolute atomic E-state index is 6.04. The van der Waals surface area contributed by atoms with Crippen LogP contribution in [0.15, 0.2) is 170 Å². The maximum Gasteiger partial charge on any atom is 0.119 e. The second kappa shape index (κ2) is 28.8. The van der Waals surface area contributed by atoms with Gasteiger partial charge in [0, 0.05) is 22.7 Å². The number of nitrogens with zero attached hydrogens (tertiary/aromatic N) is 4. The molecule has 0 radical (unpaired) electrons. The Hall–Kier alpha value is -11.8. The largest absolute Gasteiger partial charge is 0.497 e. The van der Waals surface area contributed by atoms with Crippen LogP contribution >= 0.6 is 0 Å². The number of ether oxygens (including phenoxy) is 8. The number of hydrogen-bond acceptors (Lipinski definition) is 12. The topological polar surface area (TPSA) is 86.8 Å². The van der Waals surface area contributed by atoms with E-state index in [0.29, 0.717) is 0 Å². The fourth-order valence-electron chi connectivity index (χ4n) is 18.3. The Morgan fingerprint density at radius 1 is 0.174 bits per heavy atom. The van der Waals surface area contributed by atoms with Crippen LogP contribution < -0.4 is 57.5 Å². The summed E-state index contributed by atoms with van der Waals surface area (Å²) in [4.78, 5) is 9.96. The fraction of sp³-hybridized carbons (Fsp3) is 0.258. The Balaban J connectivity index is 1.19. The van der Waals surface area contributed by atoms with E-state index in [1.807, 2.05) is 0 Å². The van der Waals surface area contributed by atoms with Crippen molar-refractivity contribution >= 4 is 68.2 Å². The molecule has 12 heteroatoms. The molecule has 556 valence electrons. The summed E-state index contributed by atoms with van der Waals surface area (Å²) in [5, 5.41) is 0. The predicted octanol–water partition coefficient (Wildman–Crippen LogP) is 24.9. The van der Waals surface area contributed by atoms with Crippen LogP contribution in [0.25, 0.3) is 22.3 Å². The van der Waals surface area contributed by atoms with Gasteiger partial charge in [0.05, 0.1) is 108 Å². The third kappa shape index (κ3) is 12.2. The van der Waals surface area contributed by atoms with Crippen molar-refractivity contribution in [1.82, 2.24) is 0 Å². The summed E-state index contributed by atoms with van der Waals surface area (Å²) in [5.41, 5.74) is 37.4. The highest BCUT2D eigenvalue weighted by Gasteiger charge is 2.53. The van der Waals surface area contributed by atoms with Gasteiger partial charge in [-0.3, -0.25) is 0 Å². The molecule has 0 amide bonds. The monoisotopic (exact) mass is 1450 g/mol.